The van der Waals surface area contributed by atoms with Crippen LogP contribution in [0.1, 0.15) is 0 Å². The van der Waals surface area contributed by atoms with E-state index in [1.807, 2.05) is 0 Å². The van der Waals surface area contributed by atoms with Gasteiger partial charge in [-0.15, -0.1) is 0 Å². The van der Waals surface area contributed by atoms with Crippen molar-refractivity contribution >= 4 is 15.6 Å². The second kappa shape index (κ2) is 18.4. The van der Waals surface area contributed by atoms with Crippen LogP contribution in [-0.2, 0) is 50.9 Å². The van der Waals surface area contributed by atoms with Crippen LogP contribution < -0.4 is 0 Å². The maximum absolute atomic E-state index is 12.6. The zero-order valence-electron chi connectivity index (χ0n) is 26.9. The van der Waals surface area contributed by atoms with E-state index in [1.165, 1.54) is 0 Å². The quantitative estimate of drug-likeness (QED) is 0.0723. The van der Waals surface area contributed by atoms with Crippen LogP contribution in [0.4, 0.5) is 0 Å². The maximum atomic E-state index is 12.6. The molecule has 4 heterocycles. The number of phosphoric acid groups is 2. The molecular formula is C24H44O27P2. The highest BCUT2D eigenvalue weighted by Crippen LogP contribution is 2.48. The van der Waals surface area contributed by atoms with E-state index < -0.39 is 165 Å². The molecule has 16 N–H and O–H groups in total. The topological polar surface area (TPSA) is 441 Å². The Kier molecular flexibility index (Phi) is 15.7. The number of aliphatic hydroxyl groups excluding tert-OH is 14. The van der Waals surface area contributed by atoms with Crippen molar-refractivity contribution in [1.82, 2.24) is 0 Å². The summed E-state index contributed by atoms with van der Waals surface area (Å²) in [5.41, 5.74) is 0. The zero-order valence-corrected chi connectivity index (χ0v) is 28.7. The van der Waals surface area contributed by atoms with E-state index in [0.29, 0.717) is 0 Å². The normalized spacial score (nSPS) is 49.2. The molecule has 0 aliphatic carbocycles. The van der Waals surface area contributed by atoms with E-state index in [1.54, 1.807) is 0 Å². The van der Waals surface area contributed by atoms with Crippen LogP contribution in [0.15, 0.2) is 0 Å². The molecule has 27 nitrogen and oxygen atoms in total. The van der Waals surface area contributed by atoms with Gasteiger partial charge in [-0.05, 0) is 0 Å². The summed E-state index contributed by atoms with van der Waals surface area (Å²) >= 11 is 0. The Morgan fingerprint density at radius 3 is 1.30 bits per heavy atom. The lowest BCUT2D eigenvalue weighted by atomic mass is 9.97. The third-order valence-corrected chi connectivity index (χ3v) is 10.5. The molecule has 2 unspecified atom stereocenters. The molecule has 0 radical (unpaired) electrons. The van der Waals surface area contributed by atoms with E-state index in [2.05, 4.69) is 9.05 Å². The van der Waals surface area contributed by atoms with Crippen molar-refractivity contribution in [3.8, 4) is 0 Å². The Morgan fingerprint density at radius 1 is 0.434 bits per heavy atom. The summed E-state index contributed by atoms with van der Waals surface area (Å²) in [5.74, 6) is 0. The lowest BCUT2D eigenvalue weighted by molar-refractivity contribution is -0.353. The van der Waals surface area contributed by atoms with Crippen molar-refractivity contribution in [1.29, 1.82) is 0 Å². The molecular weight excluding hydrogens is 782 g/mol. The van der Waals surface area contributed by atoms with Crippen molar-refractivity contribution in [2.75, 3.05) is 26.4 Å². The highest BCUT2D eigenvalue weighted by molar-refractivity contribution is 7.47. The number of aliphatic hydroxyl groups is 14. The fourth-order valence-electron chi connectivity index (χ4n) is 5.51. The molecule has 0 aromatic carbocycles. The van der Waals surface area contributed by atoms with Gasteiger partial charge in [-0.3, -0.25) is 18.1 Å². The summed E-state index contributed by atoms with van der Waals surface area (Å²) in [6.07, 6.45) is -39.9. The Labute approximate surface area is 297 Å². The Bertz CT molecular complexity index is 1260. The van der Waals surface area contributed by atoms with E-state index in [-0.39, 0.29) is 0 Å². The van der Waals surface area contributed by atoms with Crippen molar-refractivity contribution in [2.24, 2.45) is 0 Å². The molecule has 0 aromatic rings. The molecule has 0 aromatic heterocycles. The van der Waals surface area contributed by atoms with Gasteiger partial charge in [0.25, 0.3) is 0 Å². The summed E-state index contributed by atoms with van der Waals surface area (Å²) in [6, 6.07) is 0. The Morgan fingerprint density at radius 2 is 0.811 bits per heavy atom. The molecule has 29 heteroatoms. The van der Waals surface area contributed by atoms with Gasteiger partial charge in [0.2, 0.25) is 0 Å². The summed E-state index contributed by atoms with van der Waals surface area (Å²) in [5, 5.41) is 141. The standard InChI is InChI=1S/C24H44O27P2/c25-1-5-9(27)13(31)18(36)23(46-5)50-53(41,42)44-4-8-11(29)14(32)17(35)22(48-8)49-20-6(2-26)47-24(19(37)15(20)33)51-52(39,40)43-3-7-10(28)12(30)16(34)21(38)45-7/h5-38H,1-4H2,(H,39,40)(H,41,42)/t5-,6-,7-,8-,9-,10+,11+,12+,13+,14+,15-,16-,17-,18+,19+,20-,21-,22+,23-,24-/m1/s1. The summed E-state index contributed by atoms with van der Waals surface area (Å²) < 4.78 is 69.7. The first-order chi connectivity index (χ1) is 24.6. The molecule has 0 saturated carbocycles. The molecule has 0 amide bonds. The summed E-state index contributed by atoms with van der Waals surface area (Å²) in [4.78, 5) is 20.3. The average Bonchev–Trinajstić information content (AvgIpc) is 3.10. The van der Waals surface area contributed by atoms with E-state index in [4.69, 9.17) is 32.7 Å². The molecule has 0 spiro atoms. The third kappa shape index (κ3) is 10.5. The van der Waals surface area contributed by atoms with E-state index in [9.17, 15) is 90.4 Å². The largest absolute Gasteiger partial charge is 0.474 e. The summed E-state index contributed by atoms with van der Waals surface area (Å²) in [7, 11) is -10.7. The molecule has 4 rings (SSSR count). The fourth-order valence-corrected chi connectivity index (χ4v) is 7.18. The van der Waals surface area contributed by atoms with Crippen molar-refractivity contribution in [3.63, 3.8) is 0 Å². The molecule has 4 saturated heterocycles. The van der Waals surface area contributed by atoms with Gasteiger partial charge in [0.1, 0.15) is 97.7 Å². The zero-order chi connectivity index (χ0) is 39.7. The molecule has 4 fully saturated rings. The van der Waals surface area contributed by atoms with Gasteiger partial charge >= 0.3 is 15.6 Å². The van der Waals surface area contributed by atoms with Gasteiger partial charge in [-0.25, -0.2) is 9.13 Å². The molecule has 22 atom stereocenters. The molecule has 312 valence electrons. The Hall–Kier alpha value is -0.540. The van der Waals surface area contributed by atoms with Crippen molar-refractivity contribution in [3.05, 3.63) is 0 Å². The van der Waals surface area contributed by atoms with Crippen LogP contribution in [0.5, 0.6) is 0 Å². The van der Waals surface area contributed by atoms with E-state index in [0.717, 1.165) is 0 Å². The smallest absolute Gasteiger partial charge is 0.394 e. The van der Waals surface area contributed by atoms with Crippen molar-refractivity contribution in [2.45, 2.75) is 123 Å². The molecule has 0 bridgehead atoms. The van der Waals surface area contributed by atoms with Gasteiger partial charge in [0.05, 0.1) is 26.4 Å². The number of phosphoric ester groups is 2. The fraction of sp³-hybridized carbons (Fsp3) is 1.00. The second-order valence-corrected chi connectivity index (χ2v) is 15.1. The average molecular weight is 827 g/mol. The lowest BCUT2D eigenvalue weighted by Gasteiger charge is -2.46. The Balaban J connectivity index is 1.36. The number of hydrogen-bond acceptors (Lipinski definition) is 25. The predicted molar refractivity (Wildman–Crippen MR) is 156 cm³/mol. The first-order valence-corrected chi connectivity index (χ1v) is 18.6. The molecule has 4 aliphatic heterocycles. The lowest BCUT2D eigenvalue weighted by Crippen LogP contribution is -2.64. The second-order valence-electron chi connectivity index (χ2n) is 12.3. The van der Waals surface area contributed by atoms with E-state index >= 15 is 0 Å². The van der Waals surface area contributed by atoms with Crippen LogP contribution in [0.2, 0.25) is 0 Å². The van der Waals surface area contributed by atoms with Crippen LogP contribution in [0.25, 0.3) is 0 Å². The van der Waals surface area contributed by atoms with Crippen LogP contribution in [0, 0.1) is 0 Å². The highest BCUT2D eigenvalue weighted by Gasteiger charge is 2.53. The first-order valence-electron chi connectivity index (χ1n) is 15.6. The minimum Gasteiger partial charge on any atom is -0.394 e. The SMILES string of the molecule is O=P(O)(OC[C@H]1O[C@@H](O[C@H]2[C@H](O)[C@H](O)[C@@H](OP(=O)(O)OC[C@H]3O[C@@H](O)[C@H](O)[C@@H](O)[C@H]3O)O[C@@H]2CO)[C@H](O)[C@@H](O)[C@H]1O)O[C@H]1O[C@H](CO)[C@@H](O)[C@H](O)[C@@H]1O. The molecule has 4 aliphatic rings. The summed E-state index contributed by atoms with van der Waals surface area (Å²) in [6.45, 7) is -4.18. The van der Waals surface area contributed by atoms with Gasteiger partial charge in [0.15, 0.2) is 25.2 Å². The number of rotatable bonds is 14. The minimum atomic E-state index is -5.33. The van der Waals surface area contributed by atoms with Crippen LogP contribution >= 0.6 is 15.6 Å². The number of ether oxygens (including phenoxy) is 5. The highest BCUT2D eigenvalue weighted by atomic mass is 31.2. The van der Waals surface area contributed by atoms with Gasteiger partial charge in [-0.1, -0.05) is 0 Å². The van der Waals surface area contributed by atoms with Crippen LogP contribution in [0.3, 0.4) is 0 Å². The first kappa shape index (κ1) is 45.2. The van der Waals surface area contributed by atoms with Gasteiger partial charge in [0, 0.05) is 0 Å². The third-order valence-electron chi connectivity index (χ3n) is 8.59. The van der Waals surface area contributed by atoms with Crippen molar-refractivity contribution < 1.29 is 132 Å². The predicted octanol–water partition coefficient (Wildman–Crippen LogP) is -9.51. The maximum Gasteiger partial charge on any atom is 0.474 e. The minimum absolute atomic E-state index is 0.905. The van der Waals surface area contributed by atoms with Gasteiger partial charge < -0.3 is 105 Å². The molecule has 53 heavy (non-hydrogen) atoms. The van der Waals surface area contributed by atoms with Crippen LogP contribution in [-0.4, -0.2) is 231 Å². The number of hydrogen-bond donors (Lipinski definition) is 16. The van der Waals surface area contributed by atoms with Gasteiger partial charge in [-0.2, -0.15) is 0 Å². The monoisotopic (exact) mass is 826 g/mol.